The first-order valence-corrected chi connectivity index (χ1v) is 4.63. The average molecular weight is 153 g/mol. The largest absolute Gasteiger partial charge is 0.363 e. The van der Waals surface area contributed by atoms with E-state index in [9.17, 15) is 0 Å². The number of hydrogen-bond acceptors (Lipinski definition) is 2. The molecule has 10 heavy (non-hydrogen) atoms. The van der Waals surface area contributed by atoms with Crippen molar-refractivity contribution in [3.63, 3.8) is 0 Å². The van der Waals surface area contributed by atoms with Crippen LogP contribution in [0.25, 0.3) is 0 Å². The predicted molar refractivity (Wildman–Crippen MR) is 45.8 cm³/mol. The van der Waals surface area contributed by atoms with Gasteiger partial charge in [0.1, 0.15) is 0 Å². The summed E-state index contributed by atoms with van der Waals surface area (Å²) in [5, 5.41) is 3.59. The van der Waals surface area contributed by atoms with Gasteiger partial charge in [-0.15, -0.1) is 11.3 Å². The summed E-state index contributed by atoms with van der Waals surface area (Å²) in [7, 11) is 0. The van der Waals surface area contributed by atoms with Crippen molar-refractivity contribution >= 4 is 16.3 Å². The van der Waals surface area contributed by atoms with Crippen molar-refractivity contribution in [1.82, 2.24) is 0 Å². The van der Waals surface area contributed by atoms with Crippen molar-refractivity contribution in [3.05, 3.63) is 17.5 Å². The molecule has 0 atom stereocenters. The van der Waals surface area contributed by atoms with Crippen LogP contribution in [0.15, 0.2) is 17.5 Å². The lowest BCUT2D eigenvalue weighted by Crippen LogP contribution is -2.15. The zero-order chi connectivity index (χ0) is 6.81. The second-order valence-electron chi connectivity index (χ2n) is 2.65. The van der Waals surface area contributed by atoms with Gasteiger partial charge in [0, 0.05) is 13.1 Å². The van der Waals surface area contributed by atoms with Crippen molar-refractivity contribution in [2.45, 2.75) is 12.8 Å². The van der Waals surface area contributed by atoms with Crippen LogP contribution in [0.5, 0.6) is 0 Å². The molecule has 1 aromatic rings. The summed E-state index contributed by atoms with van der Waals surface area (Å²) in [5.74, 6) is 0. The minimum Gasteiger partial charge on any atom is -0.363 e. The number of nitrogens with zero attached hydrogens (tertiary/aromatic N) is 1. The summed E-state index contributed by atoms with van der Waals surface area (Å²) in [6, 6.07) is 4.33. The molecule has 1 aliphatic rings. The molecule has 0 N–H and O–H groups in total. The van der Waals surface area contributed by atoms with Gasteiger partial charge in [-0.25, -0.2) is 0 Å². The number of rotatable bonds is 1. The molecule has 2 heterocycles. The fourth-order valence-corrected chi connectivity index (χ4v) is 2.17. The second kappa shape index (κ2) is 2.62. The topological polar surface area (TPSA) is 3.24 Å². The summed E-state index contributed by atoms with van der Waals surface area (Å²) in [6.45, 7) is 2.53. The quantitative estimate of drug-likeness (QED) is 0.598. The van der Waals surface area contributed by atoms with Gasteiger partial charge in [0.2, 0.25) is 0 Å². The smallest absolute Gasteiger partial charge is 0.0908 e. The van der Waals surface area contributed by atoms with Gasteiger partial charge in [-0.2, -0.15) is 0 Å². The summed E-state index contributed by atoms with van der Waals surface area (Å²) in [5.41, 5.74) is 0. The first-order valence-electron chi connectivity index (χ1n) is 3.75. The lowest BCUT2D eigenvalue weighted by atomic mass is 10.4. The van der Waals surface area contributed by atoms with Gasteiger partial charge in [-0.1, -0.05) is 0 Å². The Hall–Kier alpha value is -0.500. The fourth-order valence-electron chi connectivity index (χ4n) is 1.39. The molecule has 0 amide bonds. The molecule has 1 aromatic heterocycles. The van der Waals surface area contributed by atoms with Crippen LogP contribution < -0.4 is 4.90 Å². The first kappa shape index (κ1) is 6.23. The molecule has 0 radical (unpaired) electrons. The van der Waals surface area contributed by atoms with Crippen LogP contribution in [-0.2, 0) is 0 Å². The molecule has 0 spiro atoms. The van der Waals surface area contributed by atoms with Crippen molar-refractivity contribution in [3.8, 4) is 0 Å². The Morgan fingerprint density at radius 1 is 1.30 bits per heavy atom. The van der Waals surface area contributed by atoms with E-state index in [1.807, 2.05) is 11.3 Å². The first-order chi connectivity index (χ1) is 4.97. The van der Waals surface area contributed by atoms with Gasteiger partial charge in [-0.05, 0) is 30.4 Å². The van der Waals surface area contributed by atoms with E-state index >= 15 is 0 Å². The minimum absolute atomic E-state index is 1.26. The molecule has 2 rings (SSSR count). The molecular formula is C8H11NS. The molecule has 1 aliphatic heterocycles. The maximum absolute atomic E-state index is 2.46. The Balaban J connectivity index is 2.12. The Morgan fingerprint density at radius 3 is 2.70 bits per heavy atom. The highest BCUT2D eigenvalue weighted by Crippen LogP contribution is 2.24. The Bertz CT molecular complexity index is 187. The van der Waals surface area contributed by atoms with E-state index in [0.717, 1.165) is 0 Å². The third-order valence-corrected chi connectivity index (χ3v) is 2.85. The van der Waals surface area contributed by atoms with Gasteiger partial charge in [0.05, 0.1) is 5.00 Å². The normalized spacial score (nSPS) is 18.2. The Morgan fingerprint density at radius 2 is 2.10 bits per heavy atom. The van der Waals surface area contributed by atoms with Gasteiger partial charge in [0.15, 0.2) is 0 Å². The summed E-state index contributed by atoms with van der Waals surface area (Å²) >= 11 is 1.85. The van der Waals surface area contributed by atoms with Gasteiger partial charge in [0.25, 0.3) is 0 Å². The molecule has 0 unspecified atom stereocenters. The highest BCUT2D eigenvalue weighted by atomic mass is 32.1. The maximum atomic E-state index is 2.46. The summed E-state index contributed by atoms with van der Waals surface area (Å²) in [4.78, 5) is 2.46. The van der Waals surface area contributed by atoms with E-state index in [4.69, 9.17) is 0 Å². The highest BCUT2D eigenvalue weighted by Gasteiger charge is 2.11. The van der Waals surface area contributed by atoms with Gasteiger partial charge < -0.3 is 4.90 Å². The number of thiophene rings is 1. The SMILES string of the molecule is c1csc(N2CCCC2)c1. The van der Waals surface area contributed by atoms with Gasteiger partial charge in [-0.3, -0.25) is 0 Å². The van der Waals surface area contributed by atoms with Crippen LogP contribution in [0.3, 0.4) is 0 Å². The van der Waals surface area contributed by atoms with Crippen LogP contribution in [-0.4, -0.2) is 13.1 Å². The fraction of sp³-hybridized carbons (Fsp3) is 0.500. The molecule has 2 heteroatoms. The average Bonchev–Trinajstić information content (AvgIpc) is 2.59. The third-order valence-electron chi connectivity index (χ3n) is 1.92. The van der Waals surface area contributed by atoms with Crippen molar-refractivity contribution in [2.24, 2.45) is 0 Å². The van der Waals surface area contributed by atoms with Crippen LogP contribution in [0, 0.1) is 0 Å². The van der Waals surface area contributed by atoms with Crippen molar-refractivity contribution in [2.75, 3.05) is 18.0 Å². The molecule has 0 saturated carbocycles. The molecule has 54 valence electrons. The van der Waals surface area contributed by atoms with Crippen LogP contribution >= 0.6 is 11.3 Å². The lowest BCUT2D eigenvalue weighted by Gasteiger charge is -2.13. The zero-order valence-corrected chi connectivity index (χ0v) is 6.73. The predicted octanol–water partition coefficient (Wildman–Crippen LogP) is 2.35. The van der Waals surface area contributed by atoms with E-state index in [1.54, 1.807) is 0 Å². The van der Waals surface area contributed by atoms with E-state index in [0.29, 0.717) is 0 Å². The molecule has 1 fully saturated rings. The Kier molecular flexibility index (Phi) is 1.63. The number of anilines is 1. The molecular weight excluding hydrogens is 142 g/mol. The van der Waals surface area contributed by atoms with Crippen LogP contribution in [0.2, 0.25) is 0 Å². The van der Waals surface area contributed by atoms with E-state index in [1.165, 1.54) is 30.9 Å². The molecule has 0 bridgehead atoms. The Labute approximate surface area is 65.3 Å². The van der Waals surface area contributed by atoms with Crippen LogP contribution in [0.4, 0.5) is 5.00 Å². The van der Waals surface area contributed by atoms with E-state index in [2.05, 4.69) is 22.4 Å². The standard InChI is InChI=1S/C8H11NS/c1-2-6-9(5-1)8-4-3-7-10-8/h3-4,7H,1-2,5-6H2. The molecule has 0 aliphatic carbocycles. The lowest BCUT2D eigenvalue weighted by molar-refractivity contribution is 0.949. The van der Waals surface area contributed by atoms with Crippen molar-refractivity contribution in [1.29, 1.82) is 0 Å². The zero-order valence-electron chi connectivity index (χ0n) is 5.92. The van der Waals surface area contributed by atoms with E-state index < -0.39 is 0 Å². The minimum atomic E-state index is 1.26. The van der Waals surface area contributed by atoms with Gasteiger partial charge >= 0.3 is 0 Å². The maximum Gasteiger partial charge on any atom is 0.0908 e. The third kappa shape index (κ3) is 1.03. The van der Waals surface area contributed by atoms with E-state index in [-0.39, 0.29) is 0 Å². The second-order valence-corrected chi connectivity index (χ2v) is 3.57. The van der Waals surface area contributed by atoms with Crippen LogP contribution in [0.1, 0.15) is 12.8 Å². The number of hydrogen-bond donors (Lipinski definition) is 0. The monoisotopic (exact) mass is 153 g/mol. The molecule has 1 saturated heterocycles. The molecule has 1 nitrogen and oxygen atoms in total. The summed E-state index contributed by atoms with van der Waals surface area (Å²) < 4.78 is 0. The summed E-state index contributed by atoms with van der Waals surface area (Å²) in [6.07, 6.45) is 2.75. The molecule has 0 aromatic carbocycles. The highest BCUT2D eigenvalue weighted by molar-refractivity contribution is 7.14. The van der Waals surface area contributed by atoms with Crippen molar-refractivity contribution < 1.29 is 0 Å².